The van der Waals surface area contributed by atoms with Crippen molar-refractivity contribution in [3.8, 4) is 0 Å². The third kappa shape index (κ3) is 2.88. The van der Waals surface area contributed by atoms with Crippen molar-refractivity contribution in [1.82, 2.24) is 19.5 Å². The van der Waals surface area contributed by atoms with Crippen LogP contribution in [-0.2, 0) is 6.54 Å². The number of rotatable bonds is 5. The van der Waals surface area contributed by atoms with Crippen molar-refractivity contribution >= 4 is 28.7 Å². The Morgan fingerprint density at radius 2 is 2.18 bits per heavy atom. The van der Waals surface area contributed by atoms with Crippen LogP contribution in [0.5, 0.6) is 0 Å². The van der Waals surface area contributed by atoms with Gasteiger partial charge in [-0.2, -0.15) is 11.8 Å². The first-order chi connectivity index (χ1) is 8.18. The lowest BCUT2D eigenvalue weighted by atomic mass is 10.4. The van der Waals surface area contributed by atoms with E-state index in [0.29, 0.717) is 16.6 Å². The molecule has 0 bridgehead atoms. The topological polar surface area (TPSA) is 69.6 Å². The van der Waals surface area contributed by atoms with Gasteiger partial charge in [0.2, 0.25) is 0 Å². The summed E-state index contributed by atoms with van der Waals surface area (Å²) in [5, 5.41) is 0.688. The van der Waals surface area contributed by atoms with Gasteiger partial charge in [0.15, 0.2) is 11.5 Å². The Hall–Kier alpha value is -1.30. The summed E-state index contributed by atoms with van der Waals surface area (Å²) in [6.07, 6.45) is 4.38. The molecule has 2 rings (SSSR count). The van der Waals surface area contributed by atoms with Gasteiger partial charge in [-0.3, -0.25) is 0 Å². The molecule has 2 N–H and O–H groups in total. The molecule has 0 radical (unpaired) electrons. The summed E-state index contributed by atoms with van der Waals surface area (Å²) in [4.78, 5) is 12.4. The smallest absolute Gasteiger partial charge is 0.165 e. The van der Waals surface area contributed by atoms with E-state index in [1.165, 1.54) is 6.33 Å². The number of hydrogen-bond donors (Lipinski definition) is 1. The van der Waals surface area contributed by atoms with Crippen molar-refractivity contribution in [3.05, 3.63) is 12.7 Å². The van der Waals surface area contributed by atoms with E-state index in [9.17, 15) is 0 Å². The van der Waals surface area contributed by atoms with Crippen LogP contribution in [0, 0.1) is 0 Å². The molecule has 0 aliphatic heterocycles. The minimum Gasteiger partial charge on any atom is -0.382 e. The zero-order chi connectivity index (χ0) is 12.3. The van der Waals surface area contributed by atoms with Crippen LogP contribution >= 0.6 is 11.8 Å². The normalized spacial score (nSPS) is 11.5. The van der Waals surface area contributed by atoms with Crippen molar-refractivity contribution in [2.75, 3.05) is 11.5 Å². The number of aryl methyl sites for hydroxylation is 1. The highest BCUT2D eigenvalue weighted by Crippen LogP contribution is 2.16. The Bertz CT molecular complexity index is 494. The summed E-state index contributed by atoms with van der Waals surface area (Å²) in [5.41, 5.74) is 7.26. The van der Waals surface area contributed by atoms with Crippen molar-refractivity contribution < 1.29 is 0 Å². The molecule has 2 heterocycles. The highest BCUT2D eigenvalue weighted by atomic mass is 32.2. The highest BCUT2D eigenvalue weighted by molar-refractivity contribution is 7.99. The second-order valence-electron chi connectivity index (χ2n) is 4.14. The second kappa shape index (κ2) is 5.35. The molecule has 0 saturated carbocycles. The van der Waals surface area contributed by atoms with Gasteiger partial charge in [-0.1, -0.05) is 13.8 Å². The molecule has 6 heteroatoms. The maximum atomic E-state index is 5.73. The number of aromatic nitrogens is 4. The summed E-state index contributed by atoms with van der Waals surface area (Å²) in [6.45, 7) is 5.35. The minimum absolute atomic E-state index is 0.449. The summed E-state index contributed by atoms with van der Waals surface area (Å²) in [5.74, 6) is 1.60. The van der Waals surface area contributed by atoms with Gasteiger partial charge in [-0.25, -0.2) is 15.0 Å². The van der Waals surface area contributed by atoms with Gasteiger partial charge in [0.1, 0.15) is 11.8 Å². The average Bonchev–Trinajstić information content (AvgIpc) is 2.69. The summed E-state index contributed by atoms with van der Waals surface area (Å²) >= 11 is 1.97. The highest BCUT2D eigenvalue weighted by Gasteiger charge is 2.07. The summed E-state index contributed by atoms with van der Waals surface area (Å²) < 4.78 is 2.04. The van der Waals surface area contributed by atoms with E-state index in [-0.39, 0.29) is 0 Å². The SMILES string of the molecule is CC(C)SCCCn1cnc2c(N)ncnc21. The van der Waals surface area contributed by atoms with Gasteiger partial charge in [0, 0.05) is 6.54 Å². The molecular formula is C11H17N5S. The lowest BCUT2D eigenvalue weighted by Gasteiger charge is -2.05. The quantitative estimate of drug-likeness (QED) is 0.822. The third-order valence-electron chi connectivity index (χ3n) is 2.42. The van der Waals surface area contributed by atoms with Crippen LogP contribution < -0.4 is 5.73 Å². The predicted octanol–water partition coefficient (Wildman–Crippen LogP) is 1.94. The van der Waals surface area contributed by atoms with Crippen LogP contribution in [0.3, 0.4) is 0 Å². The lowest BCUT2D eigenvalue weighted by molar-refractivity contribution is 0.696. The fourth-order valence-corrected chi connectivity index (χ4v) is 2.38. The first kappa shape index (κ1) is 12.2. The van der Waals surface area contributed by atoms with Gasteiger partial charge in [-0.05, 0) is 17.4 Å². The van der Waals surface area contributed by atoms with Crippen LogP contribution in [0.2, 0.25) is 0 Å². The fourth-order valence-electron chi connectivity index (χ4n) is 1.62. The Balaban J connectivity index is 2.02. The van der Waals surface area contributed by atoms with E-state index in [2.05, 4.69) is 28.8 Å². The summed E-state index contributed by atoms with van der Waals surface area (Å²) in [7, 11) is 0. The molecule has 0 saturated heterocycles. The number of nitrogens with zero attached hydrogens (tertiary/aromatic N) is 4. The van der Waals surface area contributed by atoms with E-state index in [1.54, 1.807) is 6.33 Å². The molecule has 2 aromatic heterocycles. The maximum Gasteiger partial charge on any atom is 0.165 e. The Kier molecular flexibility index (Phi) is 3.83. The Morgan fingerprint density at radius 3 is 2.94 bits per heavy atom. The summed E-state index contributed by atoms with van der Waals surface area (Å²) in [6, 6.07) is 0. The van der Waals surface area contributed by atoms with Crippen LogP contribution in [0.4, 0.5) is 5.82 Å². The largest absolute Gasteiger partial charge is 0.382 e. The molecule has 0 amide bonds. The number of nitrogens with two attached hydrogens (primary N) is 1. The van der Waals surface area contributed by atoms with Crippen LogP contribution in [-0.4, -0.2) is 30.5 Å². The van der Waals surface area contributed by atoms with Crippen molar-refractivity contribution in [1.29, 1.82) is 0 Å². The van der Waals surface area contributed by atoms with Crippen LogP contribution in [0.15, 0.2) is 12.7 Å². The number of fused-ring (bicyclic) bond motifs is 1. The van der Waals surface area contributed by atoms with E-state index >= 15 is 0 Å². The van der Waals surface area contributed by atoms with E-state index in [4.69, 9.17) is 5.73 Å². The predicted molar refractivity (Wildman–Crippen MR) is 71.9 cm³/mol. The maximum absolute atomic E-state index is 5.73. The molecule has 5 nitrogen and oxygen atoms in total. The van der Waals surface area contributed by atoms with E-state index in [0.717, 1.165) is 24.4 Å². The van der Waals surface area contributed by atoms with Gasteiger partial charge < -0.3 is 10.3 Å². The van der Waals surface area contributed by atoms with Crippen molar-refractivity contribution in [2.24, 2.45) is 0 Å². The molecule has 0 fully saturated rings. The van der Waals surface area contributed by atoms with Gasteiger partial charge >= 0.3 is 0 Å². The Labute approximate surface area is 105 Å². The fraction of sp³-hybridized carbons (Fsp3) is 0.545. The van der Waals surface area contributed by atoms with Crippen molar-refractivity contribution in [2.45, 2.75) is 32.1 Å². The Morgan fingerprint density at radius 1 is 1.35 bits per heavy atom. The monoisotopic (exact) mass is 251 g/mol. The molecule has 0 atom stereocenters. The van der Waals surface area contributed by atoms with E-state index < -0.39 is 0 Å². The molecule has 92 valence electrons. The average molecular weight is 251 g/mol. The van der Waals surface area contributed by atoms with Gasteiger partial charge in [0.25, 0.3) is 0 Å². The molecule has 17 heavy (non-hydrogen) atoms. The molecule has 0 aliphatic rings. The molecule has 0 spiro atoms. The zero-order valence-corrected chi connectivity index (χ0v) is 10.9. The number of hydrogen-bond acceptors (Lipinski definition) is 5. The van der Waals surface area contributed by atoms with Crippen molar-refractivity contribution in [3.63, 3.8) is 0 Å². The molecule has 2 aromatic rings. The number of nitrogen functional groups attached to an aromatic ring is 1. The van der Waals surface area contributed by atoms with Crippen LogP contribution in [0.25, 0.3) is 11.2 Å². The number of imidazole rings is 1. The second-order valence-corrected chi connectivity index (χ2v) is 5.83. The first-order valence-corrected chi connectivity index (χ1v) is 6.76. The minimum atomic E-state index is 0.449. The molecule has 0 unspecified atom stereocenters. The molecule has 0 aliphatic carbocycles. The number of anilines is 1. The standard InChI is InChI=1S/C11H17N5S/c1-8(2)17-5-3-4-16-7-15-9-10(12)13-6-14-11(9)16/h6-8H,3-5H2,1-2H3,(H2,12,13,14). The van der Waals surface area contributed by atoms with Crippen LogP contribution in [0.1, 0.15) is 20.3 Å². The van der Waals surface area contributed by atoms with Gasteiger partial charge in [0.05, 0.1) is 6.33 Å². The third-order valence-corrected chi connectivity index (χ3v) is 3.62. The number of thioether (sulfide) groups is 1. The van der Waals surface area contributed by atoms with Gasteiger partial charge in [-0.15, -0.1) is 0 Å². The molecule has 0 aromatic carbocycles. The zero-order valence-electron chi connectivity index (χ0n) is 10.1. The van der Waals surface area contributed by atoms with E-state index in [1.807, 2.05) is 16.3 Å². The first-order valence-electron chi connectivity index (χ1n) is 5.71. The molecular weight excluding hydrogens is 234 g/mol. The lowest BCUT2D eigenvalue weighted by Crippen LogP contribution is -2.01.